The molecule has 0 saturated heterocycles. The maximum atomic E-state index is 13.1. The number of carbonyl (C=O) groups is 3. The van der Waals surface area contributed by atoms with Crippen LogP contribution in [0.25, 0.3) is 0 Å². The molecule has 160 valence electrons. The smallest absolute Gasteiger partial charge is 0.273 e. The number of hydrogen-bond donors (Lipinski definition) is 5. The summed E-state index contributed by atoms with van der Waals surface area (Å²) in [6.45, 7) is 1.39. The molecule has 0 saturated carbocycles. The van der Waals surface area contributed by atoms with E-state index in [-0.39, 0.29) is 16.6 Å². The summed E-state index contributed by atoms with van der Waals surface area (Å²) in [6.07, 6.45) is 0. The van der Waals surface area contributed by atoms with Gasteiger partial charge in [0, 0.05) is 11.3 Å². The number of benzene rings is 2. The van der Waals surface area contributed by atoms with Crippen molar-refractivity contribution in [1.82, 2.24) is 10.9 Å². The molecule has 10 nitrogen and oxygen atoms in total. The first-order valence-electron chi connectivity index (χ1n) is 8.88. The molecule has 6 N–H and O–H groups in total. The van der Waals surface area contributed by atoms with E-state index in [0.717, 1.165) is 0 Å². The van der Waals surface area contributed by atoms with Crippen LogP contribution in [0.4, 0.5) is 11.4 Å². The zero-order chi connectivity index (χ0) is 22.5. The molecule has 0 fully saturated rings. The Balaban J connectivity index is 1.97. The quantitative estimate of drug-likeness (QED) is 0.144. The van der Waals surface area contributed by atoms with Gasteiger partial charge in [0.15, 0.2) is 16.7 Å². The molecule has 2 aromatic carbocycles. The van der Waals surface area contributed by atoms with Gasteiger partial charge in [-0.05, 0) is 43.4 Å². The molecule has 0 bridgehead atoms. The number of fused-ring (bicyclic) bond motifs is 1. The lowest BCUT2D eigenvalue weighted by atomic mass is 10.1. The number of nitrogens with zero attached hydrogens (tertiary/aromatic N) is 1. The van der Waals surface area contributed by atoms with E-state index in [1.54, 1.807) is 42.5 Å². The van der Waals surface area contributed by atoms with Gasteiger partial charge in [-0.3, -0.25) is 29.4 Å². The van der Waals surface area contributed by atoms with Crippen molar-refractivity contribution in [3.05, 3.63) is 54.1 Å². The first kappa shape index (κ1) is 22.2. The van der Waals surface area contributed by atoms with Crippen molar-refractivity contribution >= 4 is 62.8 Å². The van der Waals surface area contributed by atoms with Crippen molar-refractivity contribution in [3.8, 4) is 0 Å². The Labute approximate surface area is 185 Å². The predicted octanol–water partition coefficient (Wildman–Crippen LogP) is 0.650. The molecule has 0 radical (unpaired) electrons. The van der Waals surface area contributed by atoms with Gasteiger partial charge in [0.2, 0.25) is 11.0 Å². The molecule has 1 aliphatic heterocycles. The van der Waals surface area contributed by atoms with Crippen LogP contribution in [0.1, 0.15) is 17.3 Å². The number of carbonyl (C=O) groups excluding carboxylic acids is 3. The summed E-state index contributed by atoms with van der Waals surface area (Å²) < 4.78 is 13.1. The molecule has 31 heavy (non-hydrogen) atoms. The van der Waals surface area contributed by atoms with Crippen LogP contribution in [0.15, 0.2) is 58.5 Å². The third kappa shape index (κ3) is 4.99. The van der Waals surface area contributed by atoms with Crippen LogP contribution in [0.5, 0.6) is 0 Å². The van der Waals surface area contributed by atoms with Crippen LogP contribution in [-0.2, 0) is 20.4 Å². The molecule has 0 unspecified atom stereocenters. The maximum Gasteiger partial charge on any atom is 0.273 e. The zero-order valence-corrected chi connectivity index (χ0v) is 17.8. The Bertz CT molecular complexity index is 1130. The lowest BCUT2D eigenvalue weighted by Gasteiger charge is -2.24. The highest BCUT2D eigenvalue weighted by molar-refractivity contribution is 7.88. The molecule has 0 aromatic heterocycles. The third-order valence-electron chi connectivity index (χ3n) is 4.23. The summed E-state index contributed by atoms with van der Waals surface area (Å²) in [5, 5.41) is 7.56. The van der Waals surface area contributed by atoms with Gasteiger partial charge in [-0.25, -0.2) is 5.84 Å². The first-order chi connectivity index (χ1) is 14.8. The lowest BCUT2D eigenvalue weighted by molar-refractivity contribution is -0.116. The van der Waals surface area contributed by atoms with Crippen molar-refractivity contribution in [1.29, 1.82) is 0 Å². The number of amides is 2. The fraction of sp³-hybridized carbons (Fsp3) is 0.105. The fourth-order valence-electron chi connectivity index (χ4n) is 2.78. The number of anilines is 2. The van der Waals surface area contributed by atoms with E-state index in [1.807, 2.05) is 0 Å². The second kappa shape index (κ2) is 9.55. The minimum Gasteiger partial charge on any atom is -0.324 e. The highest BCUT2D eigenvalue weighted by Gasteiger charge is 2.40. The van der Waals surface area contributed by atoms with Gasteiger partial charge in [0.1, 0.15) is 0 Å². The highest BCUT2D eigenvalue weighted by atomic mass is 32.2. The minimum absolute atomic E-state index is 0.119. The van der Waals surface area contributed by atoms with Crippen molar-refractivity contribution in [2.24, 2.45) is 10.9 Å². The van der Waals surface area contributed by atoms with E-state index in [2.05, 4.69) is 26.6 Å². The van der Waals surface area contributed by atoms with Gasteiger partial charge >= 0.3 is 0 Å². The third-order valence-corrected chi connectivity index (χ3v) is 6.09. The Hall–Kier alpha value is -3.48. The Morgan fingerprint density at radius 3 is 2.65 bits per heavy atom. The maximum absolute atomic E-state index is 13.1. The van der Waals surface area contributed by atoms with Crippen molar-refractivity contribution < 1.29 is 18.6 Å². The number of nitrogens with two attached hydrogens (primary N) is 1. The number of ketones is 1. The normalized spacial score (nSPS) is 17.7. The van der Waals surface area contributed by atoms with E-state index in [9.17, 15) is 18.6 Å². The number of hydrogen-bond acceptors (Lipinski definition) is 7. The second-order valence-electron chi connectivity index (χ2n) is 6.34. The van der Waals surface area contributed by atoms with Crippen LogP contribution in [-0.4, -0.2) is 37.9 Å². The predicted molar refractivity (Wildman–Crippen MR) is 121 cm³/mol. The number of nitrogens with one attached hydrogen (secondary N) is 4. The number of Topliss-reactive ketones (excluding diaryl/α,β-unsaturated/α-hetero) is 1. The van der Waals surface area contributed by atoms with Crippen LogP contribution in [0.2, 0.25) is 0 Å². The minimum atomic E-state index is -1.91. The molecule has 0 aliphatic carbocycles. The van der Waals surface area contributed by atoms with Crippen LogP contribution < -0.4 is 27.3 Å². The van der Waals surface area contributed by atoms with Crippen LogP contribution >= 0.6 is 12.2 Å². The van der Waals surface area contributed by atoms with Gasteiger partial charge in [0.25, 0.3) is 5.91 Å². The first-order valence-corrected chi connectivity index (χ1v) is 10.5. The summed E-state index contributed by atoms with van der Waals surface area (Å²) >= 11 is 4.86. The molecule has 1 heterocycles. The van der Waals surface area contributed by atoms with Gasteiger partial charge < -0.3 is 10.6 Å². The molecule has 2 atom stereocenters. The lowest BCUT2D eigenvalue weighted by Crippen LogP contribution is -2.48. The van der Waals surface area contributed by atoms with Gasteiger partial charge in [0.05, 0.1) is 21.4 Å². The van der Waals surface area contributed by atoms with Gasteiger partial charge in [-0.2, -0.15) is 5.10 Å². The fourth-order valence-corrected chi connectivity index (χ4v) is 4.24. The van der Waals surface area contributed by atoms with Gasteiger partial charge in [-0.15, -0.1) is 0 Å². The van der Waals surface area contributed by atoms with Crippen molar-refractivity contribution in [2.75, 3.05) is 10.6 Å². The van der Waals surface area contributed by atoms with E-state index < -0.39 is 27.9 Å². The van der Waals surface area contributed by atoms with Gasteiger partial charge in [-0.1, -0.05) is 24.3 Å². The average Bonchev–Trinajstić information content (AvgIpc) is 2.75. The summed E-state index contributed by atoms with van der Waals surface area (Å²) in [7, 11) is -1.91. The Morgan fingerprint density at radius 1 is 1.19 bits per heavy atom. The number of rotatable bonds is 5. The molecule has 0 spiro atoms. The number of hydrazone groups is 1. The number of hydrazine groups is 1. The monoisotopic (exact) mass is 458 g/mol. The summed E-state index contributed by atoms with van der Waals surface area (Å²) in [5.41, 5.74) is 5.18. The molecular formula is C19H18N6O4S2. The molecule has 2 amide bonds. The number of thiocarbonyl (C=S) groups is 1. The molecule has 3 rings (SSSR count). The van der Waals surface area contributed by atoms with E-state index in [1.165, 1.54) is 13.0 Å². The molecule has 1 aliphatic rings. The highest BCUT2D eigenvalue weighted by Crippen LogP contribution is 2.28. The summed E-state index contributed by atoms with van der Waals surface area (Å²) in [4.78, 5) is 37.7. The zero-order valence-electron chi connectivity index (χ0n) is 16.2. The summed E-state index contributed by atoms with van der Waals surface area (Å²) in [5.74, 6) is 3.55. The Kier molecular flexibility index (Phi) is 6.84. The van der Waals surface area contributed by atoms with Crippen LogP contribution in [0, 0.1) is 0 Å². The average molecular weight is 459 g/mol. The van der Waals surface area contributed by atoms with E-state index >= 15 is 0 Å². The standard InChI is InChI=1S/C19H18N6O4S2/c1-10(26)11-5-4-6-12(9-11)21-17(27)15(24-25-19(30)23-20)16-18(28)22-13-7-2-3-8-14(13)31(16)29/h2-9,16H,20H2,1H3,(H,21,27)(H,22,28)(H2,23,25,30)/b24-15-/t16-,31+/m1/s1. The SMILES string of the molecule is CC(=O)c1cccc(NC(=O)/C(=N\NC(=S)NN)[C@@H]2C(=O)Nc3ccccc3[S@@]2=O)c1. The second-order valence-corrected chi connectivity index (χ2v) is 8.25. The molecular weight excluding hydrogens is 440 g/mol. The van der Waals surface area contributed by atoms with Crippen molar-refractivity contribution in [3.63, 3.8) is 0 Å². The van der Waals surface area contributed by atoms with Crippen molar-refractivity contribution in [2.45, 2.75) is 17.1 Å². The molecule has 2 aromatic rings. The van der Waals surface area contributed by atoms with Crippen LogP contribution in [0.3, 0.4) is 0 Å². The summed E-state index contributed by atoms with van der Waals surface area (Å²) in [6, 6.07) is 12.8. The van der Waals surface area contributed by atoms with E-state index in [4.69, 9.17) is 18.1 Å². The van der Waals surface area contributed by atoms with E-state index in [0.29, 0.717) is 21.8 Å². The molecule has 12 heteroatoms. The Morgan fingerprint density at radius 2 is 1.94 bits per heavy atom. The number of para-hydroxylation sites is 1. The topological polar surface area (TPSA) is 155 Å². The largest absolute Gasteiger partial charge is 0.324 e.